The molecule has 0 bridgehead atoms. The Bertz CT molecular complexity index is 1130. The molecule has 0 aromatic heterocycles. The van der Waals surface area contributed by atoms with E-state index in [1.807, 2.05) is 89.6 Å². The average Bonchev–Trinajstić information content (AvgIpc) is 3.39. The van der Waals surface area contributed by atoms with Gasteiger partial charge in [0, 0.05) is 18.2 Å². The predicted molar refractivity (Wildman–Crippen MR) is 116 cm³/mol. The van der Waals surface area contributed by atoms with Crippen molar-refractivity contribution in [2.75, 3.05) is 16.7 Å². The van der Waals surface area contributed by atoms with Crippen molar-refractivity contribution in [1.82, 2.24) is 0 Å². The lowest BCUT2D eigenvalue weighted by atomic mass is 10.1. The highest BCUT2D eigenvalue weighted by Gasteiger charge is 2.39. The van der Waals surface area contributed by atoms with Crippen LogP contribution >= 0.6 is 0 Å². The summed E-state index contributed by atoms with van der Waals surface area (Å²) in [5.41, 5.74) is 3.90. The lowest BCUT2D eigenvalue weighted by Crippen LogP contribution is -2.37. The molecule has 6 heteroatoms. The van der Waals surface area contributed by atoms with Gasteiger partial charge in [-0.2, -0.15) is 0 Å². The summed E-state index contributed by atoms with van der Waals surface area (Å²) in [5.74, 6) is 1.71. The second kappa shape index (κ2) is 7.22. The fourth-order valence-corrected chi connectivity index (χ4v) is 3.78. The summed E-state index contributed by atoms with van der Waals surface area (Å²) >= 11 is 0. The minimum atomic E-state index is -0.344. The molecule has 0 spiro atoms. The Morgan fingerprint density at radius 1 is 0.933 bits per heavy atom. The van der Waals surface area contributed by atoms with Crippen LogP contribution in [0.4, 0.5) is 11.4 Å². The number of carbonyl (C=O) groups is 1. The van der Waals surface area contributed by atoms with E-state index in [9.17, 15) is 4.79 Å². The smallest absolute Gasteiger partial charge is 0.231 e. The monoisotopic (exact) mass is 399 g/mol. The van der Waals surface area contributed by atoms with E-state index in [1.54, 1.807) is 6.92 Å². The van der Waals surface area contributed by atoms with Crippen molar-refractivity contribution in [1.29, 1.82) is 0 Å². The number of benzene rings is 3. The molecule has 0 N–H and O–H groups in total. The lowest BCUT2D eigenvalue weighted by molar-refractivity contribution is -0.111. The summed E-state index contributed by atoms with van der Waals surface area (Å²) in [7, 11) is 0. The van der Waals surface area contributed by atoms with Gasteiger partial charge in [0.15, 0.2) is 29.3 Å². The first-order valence-electron chi connectivity index (χ1n) is 9.81. The van der Waals surface area contributed by atoms with Crippen LogP contribution in [-0.2, 0) is 4.79 Å². The van der Waals surface area contributed by atoms with E-state index in [2.05, 4.69) is 0 Å². The van der Waals surface area contributed by atoms with Crippen molar-refractivity contribution in [2.24, 2.45) is 5.10 Å². The molecule has 6 nitrogen and oxygen atoms in total. The molecule has 1 atom stereocenters. The molecule has 0 fully saturated rings. The summed E-state index contributed by atoms with van der Waals surface area (Å²) in [6, 6.07) is 23.8. The molecule has 0 amide bonds. The Kier molecular flexibility index (Phi) is 4.39. The Hall–Kier alpha value is -3.80. The van der Waals surface area contributed by atoms with Gasteiger partial charge in [-0.15, -0.1) is 5.10 Å². The third kappa shape index (κ3) is 3.06. The van der Waals surface area contributed by atoms with Crippen LogP contribution in [0.3, 0.4) is 0 Å². The van der Waals surface area contributed by atoms with Crippen molar-refractivity contribution < 1.29 is 14.3 Å². The van der Waals surface area contributed by atoms with Crippen molar-refractivity contribution in [3.63, 3.8) is 0 Å². The minimum Gasteiger partial charge on any atom is -0.454 e. The Labute approximate surface area is 174 Å². The third-order valence-corrected chi connectivity index (χ3v) is 5.25. The maximum absolute atomic E-state index is 12.6. The van der Waals surface area contributed by atoms with Gasteiger partial charge in [0.05, 0.1) is 5.69 Å². The van der Waals surface area contributed by atoms with Gasteiger partial charge in [-0.1, -0.05) is 42.0 Å². The van der Waals surface area contributed by atoms with Crippen LogP contribution < -0.4 is 19.4 Å². The first-order chi connectivity index (χ1) is 14.6. The van der Waals surface area contributed by atoms with Gasteiger partial charge in [-0.3, -0.25) is 9.69 Å². The van der Waals surface area contributed by atoms with Gasteiger partial charge in [0.2, 0.25) is 6.79 Å². The number of rotatable bonds is 4. The van der Waals surface area contributed by atoms with Gasteiger partial charge in [0.25, 0.3) is 0 Å². The number of hydrogen-bond donors (Lipinski definition) is 0. The summed E-state index contributed by atoms with van der Waals surface area (Å²) in [4.78, 5) is 14.6. The van der Waals surface area contributed by atoms with Crippen LogP contribution in [0.1, 0.15) is 24.2 Å². The highest BCUT2D eigenvalue weighted by atomic mass is 16.7. The van der Waals surface area contributed by atoms with Gasteiger partial charge >= 0.3 is 0 Å². The van der Waals surface area contributed by atoms with Crippen LogP contribution in [0.5, 0.6) is 11.5 Å². The standard InChI is InChI=1S/C24H21N3O3/c1-16-8-11-20(12-9-16)27-24(18-10-13-21-22(14-18)30-15-29-21)26(23(25-27)17(2)28)19-6-4-3-5-7-19/h3-14,24H,15H2,1-2H3/t24-/m0/s1. The van der Waals surface area contributed by atoms with Crippen molar-refractivity contribution in [2.45, 2.75) is 20.0 Å². The van der Waals surface area contributed by atoms with Gasteiger partial charge in [-0.05, 0) is 43.3 Å². The molecule has 2 aliphatic rings. The summed E-state index contributed by atoms with van der Waals surface area (Å²) < 4.78 is 11.1. The second-order valence-corrected chi connectivity index (χ2v) is 7.35. The van der Waals surface area contributed by atoms with E-state index in [4.69, 9.17) is 14.6 Å². The number of hydrazone groups is 1. The van der Waals surface area contributed by atoms with Crippen LogP contribution in [0.25, 0.3) is 0 Å². The van der Waals surface area contributed by atoms with E-state index in [1.165, 1.54) is 0 Å². The molecular weight excluding hydrogens is 378 g/mol. The number of ketones is 1. The zero-order valence-electron chi connectivity index (χ0n) is 16.8. The van der Waals surface area contributed by atoms with Crippen molar-refractivity contribution in [3.8, 4) is 11.5 Å². The first kappa shape index (κ1) is 18.2. The second-order valence-electron chi connectivity index (χ2n) is 7.35. The number of ether oxygens (including phenoxy) is 2. The van der Waals surface area contributed by atoms with E-state index in [0.717, 1.165) is 28.3 Å². The first-order valence-corrected chi connectivity index (χ1v) is 9.81. The molecular formula is C24H21N3O3. The largest absolute Gasteiger partial charge is 0.454 e. The molecule has 2 aliphatic heterocycles. The lowest BCUT2D eigenvalue weighted by Gasteiger charge is -2.32. The average molecular weight is 399 g/mol. The molecule has 0 unspecified atom stereocenters. The van der Waals surface area contributed by atoms with Crippen molar-refractivity contribution in [3.05, 3.63) is 83.9 Å². The van der Waals surface area contributed by atoms with E-state index in [-0.39, 0.29) is 18.7 Å². The fraction of sp³-hybridized carbons (Fsp3) is 0.167. The SMILES string of the molecule is CC(=O)C1=NN(c2ccc(C)cc2)[C@@H](c2ccc3c(c2)OCO3)N1c1ccccc1. The minimum absolute atomic E-state index is 0.0980. The molecule has 0 saturated heterocycles. The van der Waals surface area contributed by atoms with Gasteiger partial charge in [0.1, 0.15) is 0 Å². The topological polar surface area (TPSA) is 54.4 Å². The highest BCUT2D eigenvalue weighted by Crippen LogP contribution is 2.42. The number of hydrogen-bond acceptors (Lipinski definition) is 6. The number of fused-ring (bicyclic) bond motifs is 1. The number of carbonyl (C=O) groups excluding carboxylic acids is 1. The molecule has 0 saturated carbocycles. The van der Waals surface area contributed by atoms with Crippen LogP contribution in [0, 0.1) is 6.92 Å². The van der Waals surface area contributed by atoms with Gasteiger partial charge in [-0.25, -0.2) is 5.01 Å². The molecule has 3 aromatic rings. The molecule has 0 aliphatic carbocycles. The van der Waals surface area contributed by atoms with Crippen LogP contribution in [0.15, 0.2) is 77.9 Å². The molecule has 0 radical (unpaired) electrons. The number of anilines is 2. The zero-order valence-corrected chi connectivity index (χ0v) is 16.8. The number of nitrogens with zero attached hydrogens (tertiary/aromatic N) is 3. The number of aryl methyl sites for hydroxylation is 1. The molecule has 150 valence electrons. The van der Waals surface area contributed by atoms with Crippen LogP contribution in [0.2, 0.25) is 0 Å². The normalized spacial score (nSPS) is 17.3. The number of para-hydroxylation sites is 1. The summed E-state index contributed by atoms with van der Waals surface area (Å²) in [5, 5.41) is 6.64. The third-order valence-electron chi connectivity index (χ3n) is 5.25. The quantitative estimate of drug-likeness (QED) is 0.639. The van der Waals surface area contributed by atoms with E-state index < -0.39 is 0 Å². The maximum Gasteiger partial charge on any atom is 0.231 e. The Morgan fingerprint density at radius 3 is 2.40 bits per heavy atom. The predicted octanol–water partition coefficient (Wildman–Crippen LogP) is 4.65. The number of Topliss-reactive ketones (excluding diaryl/α,β-unsaturated/α-hetero) is 1. The molecule has 30 heavy (non-hydrogen) atoms. The van der Waals surface area contributed by atoms with Crippen LogP contribution in [-0.4, -0.2) is 18.4 Å². The Balaban J connectivity index is 1.68. The summed E-state index contributed by atoms with van der Waals surface area (Å²) in [6.45, 7) is 3.80. The molecule has 3 aromatic carbocycles. The maximum atomic E-state index is 12.6. The van der Waals surface area contributed by atoms with E-state index in [0.29, 0.717) is 11.6 Å². The highest BCUT2D eigenvalue weighted by molar-refractivity contribution is 6.44. The fourth-order valence-electron chi connectivity index (χ4n) is 3.78. The summed E-state index contributed by atoms with van der Waals surface area (Å²) in [6.07, 6.45) is -0.344. The van der Waals surface area contributed by atoms with Gasteiger partial charge < -0.3 is 9.47 Å². The van der Waals surface area contributed by atoms with Crippen molar-refractivity contribution >= 4 is 23.0 Å². The molecule has 5 rings (SSSR count). The zero-order chi connectivity index (χ0) is 20.7. The number of amidine groups is 1. The molecule has 2 heterocycles. The Morgan fingerprint density at radius 2 is 1.67 bits per heavy atom. The van der Waals surface area contributed by atoms with E-state index >= 15 is 0 Å².